The van der Waals surface area contributed by atoms with Gasteiger partial charge in [0, 0.05) is 38.9 Å². The molecule has 1 atom stereocenters. The van der Waals surface area contributed by atoms with Crippen molar-refractivity contribution in [3.63, 3.8) is 0 Å². The van der Waals surface area contributed by atoms with Gasteiger partial charge in [0.15, 0.2) is 0 Å². The van der Waals surface area contributed by atoms with Gasteiger partial charge < -0.3 is 14.2 Å². The molecule has 25 heavy (non-hydrogen) atoms. The Morgan fingerprint density at radius 2 is 2.28 bits per heavy atom. The fraction of sp³-hybridized carbons (Fsp3) is 0.526. The third-order valence-corrected chi connectivity index (χ3v) is 4.71. The molecule has 1 aliphatic rings. The van der Waals surface area contributed by atoms with Gasteiger partial charge in [0.25, 0.3) is 0 Å². The molecule has 3 rings (SSSR count). The van der Waals surface area contributed by atoms with Gasteiger partial charge in [-0.1, -0.05) is 12.1 Å². The zero-order chi connectivity index (χ0) is 17.6. The molecule has 134 valence electrons. The molecule has 2 aromatic rings. The second-order valence-corrected chi connectivity index (χ2v) is 6.83. The second-order valence-electron chi connectivity index (χ2n) is 6.83. The third kappa shape index (κ3) is 4.81. The van der Waals surface area contributed by atoms with Crippen molar-refractivity contribution in [3.8, 4) is 5.75 Å². The van der Waals surface area contributed by atoms with Crippen LogP contribution in [-0.4, -0.2) is 45.3 Å². The predicted molar refractivity (Wildman–Crippen MR) is 95.3 cm³/mol. The summed E-state index contributed by atoms with van der Waals surface area (Å²) in [4.78, 5) is 14.5. The molecule has 1 amide bonds. The van der Waals surface area contributed by atoms with Crippen molar-refractivity contribution >= 4 is 5.91 Å². The maximum atomic E-state index is 12.5. The zero-order valence-corrected chi connectivity index (χ0v) is 15.0. The van der Waals surface area contributed by atoms with Crippen LogP contribution >= 0.6 is 0 Å². The number of aryl methyl sites for hydroxylation is 3. The minimum atomic E-state index is 0.197. The van der Waals surface area contributed by atoms with Crippen LogP contribution in [0.5, 0.6) is 5.75 Å². The van der Waals surface area contributed by atoms with E-state index in [1.54, 1.807) is 6.33 Å². The molecule has 0 aliphatic carbocycles. The first-order valence-electron chi connectivity index (χ1n) is 8.92. The van der Waals surface area contributed by atoms with E-state index in [1.165, 1.54) is 5.56 Å². The smallest absolute Gasteiger partial charge is 0.223 e. The topological polar surface area (TPSA) is 60.2 Å². The van der Waals surface area contributed by atoms with Crippen molar-refractivity contribution in [1.82, 2.24) is 19.7 Å². The van der Waals surface area contributed by atoms with Crippen LogP contribution in [0.15, 0.2) is 30.6 Å². The average Bonchev–Trinajstić information content (AvgIpc) is 3.03. The number of amides is 1. The summed E-state index contributed by atoms with van der Waals surface area (Å²) in [5.74, 6) is 2.35. The molecule has 1 saturated heterocycles. The predicted octanol–water partition coefficient (Wildman–Crippen LogP) is 2.37. The number of likely N-dealkylation sites (tertiary alicyclic amines) is 1. The molecule has 1 aliphatic heterocycles. The highest BCUT2D eigenvalue weighted by molar-refractivity contribution is 5.76. The van der Waals surface area contributed by atoms with Crippen molar-refractivity contribution in [3.05, 3.63) is 42.0 Å². The number of ether oxygens (including phenoxy) is 1. The summed E-state index contributed by atoms with van der Waals surface area (Å²) >= 11 is 0. The Morgan fingerprint density at radius 3 is 3.04 bits per heavy atom. The molecular weight excluding hydrogens is 316 g/mol. The quantitative estimate of drug-likeness (QED) is 0.809. The Hall–Kier alpha value is -2.37. The SMILES string of the molecule is Cc1cccc(OC[C@H]2CCCN(C(=O)CCc3nncn3C)C2)c1. The maximum absolute atomic E-state index is 12.5. The van der Waals surface area contributed by atoms with E-state index in [4.69, 9.17) is 4.74 Å². The second kappa shape index (κ2) is 8.14. The largest absolute Gasteiger partial charge is 0.493 e. The van der Waals surface area contributed by atoms with Crippen LogP contribution in [0.3, 0.4) is 0 Å². The lowest BCUT2D eigenvalue weighted by atomic mass is 9.98. The van der Waals surface area contributed by atoms with Crippen LogP contribution in [0.4, 0.5) is 0 Å². The molecule has 6 nitrogen and oxygen atoms in total. The van der Waals surface area contributed by atoms with E-state index in [0.29, 0.717) is 25.4 Å². The summed E-state index contributed by atoms with van der Waals surface area (Å²) in [6.45, 7) is 4.35. The molecule has 2 heterocycles. The van der Waals surface area contributed by atoms with Crippen LogP contribution in [-0.2, 0) is 18.3 Å². The molecule has 0 spiro atoms. The molecule has 1 aromatic heterocycles. The highest BCUT2D eigenvalue weighted by Crippen LogP contribution is 2.20. The van der Waals surface area contributed by atoms with Crippen molar-refractivity contribution < 1.29 is 9.53 Å². The van der Waals surface area contributed by atoms with Gasteiger partial charge in [-0.2, -0.15) is 0 Å². The van der Waals surface area contributed by atoms with Crippen molar-refractivity contribution in [2.24, 2.45) is 13.0 Å². The normalized spacial score (nSPS) is 17.5. The van der Waals surface area contributed by atoms with Crippen LogP contribution in [0.1, 0.15) is 30.7 Å². The Balaban J connectivity index is 1.47. The molecular formula is C19H26N4O2. The van der Waals surface area contributed by atoms with Crippen molar-refractivity contribution in [2.45, 2.75) is 32.6 Å². The van der Waals surface area contributed by atoms with E-state index in [1.807, 2.05) is 34.7 Å². The number of aromatic nitrogens is 3. The fourth-order valence-corrected chi connectivity index (χ4v) is 3.26. The van der Waals surface area contributed by atoms with Gasteiger partial charge in [0.2, 0.25) is 5.91 Å². The summed E-state index contributed by atoms with van der Waals surface area (Å²) in [6.07, 6.45) is 4.93. The summed E-state index contributed by atoms with van der Waals surface area (Å²) in [5, 5.41) is 7.90. The Kier molecular flexibility index (Phi) is 5.68. The minimum absolute atomic E-state index is 0.197. The molecule has 0 bridgehead atoms. The van der Waals surface area contributed by atoms with Gasteiger partial charge in [0.1, 0.15) is 17.9 Å². The number of benzene rings is 1. The van der Waals surface area contributed by atoms with Gasteiger partial charge in [-0.05, 0) is 37.5 Å². The fourth-order valence-electron chi connectivity index (χ4n) is 3.26. The molecule has 0 radical (unpaired) electrons. The van der Waals surface area contributed by atoms with E-state index in [9.17, 15) is 4.79 Å². The molecule has 0 N–H and O–H groups in total. The van der Waals surface area contributed by atoms with E-state index >= 15 is 0 Å². The molecule has 6 heteroatoms. The van der Waals surface area contributed by atoms with E-state index in [-0.39, 0.29) is 5.91 Å². The third-order valence-electron chi connectivity index (χ3n) is 4.71. The van der Waals surface area contributed by atoms with Gasteiger partial charge in [-0.15, -0.1) is 10.2 Å². The van der Waals surface area contributed by atoms with Gasteiger partial charge in [-0.3, -0.25) is 4.79 Å². The lowest BCUT2D eigenvalue weighted by molar-refractivity contribution is -0.133. The van der Waals surface area contributed by atoms with Crippen LogP contribution in [0, 0.1) is 12.8 Å². The number of rotatable bonds is 6. The highest BCUT2D eigenvalue weighted by Gasteiger charge is 2.24. The number of nitrogens with zero attached hydrogens (tertiary/aromatic N) is 4. The van der Waals surface area contributed by atoms with E-state index < -0.39 is 0 Å². The summed E-state index contributed by atoms with van der Waals surface area (Å²) < 4.78 is 7.79. The lowest BCUT2D eigenvalue weighted by Crippen LogP contribution is -2.41. The number of hydrogen-bond donors (Lipinski definition) is 0. The number of carbonyl (C=O) groups excluding carboxylic acids is 1. The van der Waals surface area contributed by atoms with Crippen LogP contribution in [0.25, 0.3) is 0 Å². The first-order valence-corrected chi connectivity index (χ1v) is 8.92. The standard InChI is InChI=1S/C19H26N4O2/c1-15-5-3-7-17(11-15)25-13-16-6-4-10-23(12-16)19(24)9-8-18-21-20-14-22(18)2/h3,5,7,11,14,16H,4,6,8-10,12-13H2,1-2H3/t16-/m0/s1. The zero-order valence-electron chi connectivity index (χ0n) is 15.0. The van der Waals surface area contributed by atoms with Crippen molar-refractivity contribution in [1.29, 1.82) is 0 Å². The van der Waals surface area contributed by atoms with Crippen molar-refractivity contribution in [2.75, 3.05) is 19.7 Å². The molecule has 1 fully saturated rings. The first-order chi connectivity index (χ1) is 12.1. The minimum Gasteiger partial charge on any atom is -0.493 e. The maximum Gasteiger partial charge on any atom is 0.223 e. The molecule has 1 aromatic carbocycles. The number of piperidine rings is 1. The summed E-state index contributed by atoms with van der Waals surface area (Å²) in [7, 11) is 1.90. The van der Waals surface area contributed by atoms with E-state index in [2.05, 4.69) is 23.2 Å². The number of carbonyl (C=O) groups is 1. The first kappa shape index (κ1) is 17.5. The average molecular weight is 342 g/mol. The molecule has 0 saturated carbocycles. The number of hydrogen-bond acceptors (Lipinski definition) is 4. The summed E-state index contributed by atoms with van der Waals surface area (Å²) in [6, 6.07) is 8.10. The van der Waals surface area contributed by atoms with Crippen LogP contribution < -0.4 is 4.74 Å². The molecule has 0 unspecified atom stereocenters. The Bertz CT molecular complexity index is 713. The highest BCUT2D eigenvalue weighted by atomic mass is 16.5. The monoisotopic (exact) mass is 342 g/mol. The summed E-state index contributed by atoms with van der Waals surface area (Å²) in [5.41, 5.74) is 1.20. The Morgan fingerprint density at radius 1 is 1.40 bits per heavy atom. The van der Waals surface area contributed by atoms with Crippen LogP contribution in [0.2, 0.25) is 0 Å². The van der Waals surface area contributed by atoms with Gasteiger partial charge >= 0.3 is 0 Å². The van der Waals surface area contributed by atoms with E-state index in [0.717, 1.165) is 37.5 Å². The van der Waals surface area contributed by atoms with Gasteiger partial charge in [0.05, 0.1) is 6.61 Å². The Labute approximate surface area is 148 Å². The van der Waals surface area contributed by atoms with Gasteiger partial charge in [-0.25, -0.2) is 0 Å². The lowest BCUT2D eigenvalue weighted by Gasteiger charge is -2.32.